The topological polar surface area (TPSA) is 26.0 Å². The Morgan fingerprint density at radius 2 is 1.41 bits per heavy atom. The van der Waals surface area contributed by atoms with Gasteiger partial charge in [-0.3, -0.25) is 0 Å². The molecule has 0 aliphatic carbocycles. The van der Waals surface area contributed by atoms with Crippen molar-refractivity contribution < 1.29 is 13.2 Å². The largest absolute Gasteiger partial charge is 0.326 e. The minimum atomic E-state index is -1.06. The fourth-order valence-corrected chi connectivity index (χ4v) is 1.66. The molecule has 0 saturated carbocycles. The van der Waals surface area contributed by atoms with E-state index in [1.165, 1.54) is 24.3 Å². The van der Waals surface area contributed by atoms with E-state index in [0.717, 1.165) is 6.07 Å². The molecule has 0 aliphatic rings. The normalized spacial score (nSPS) is 10.6. The van der Waals surface area contributed by atoms with Crippen LogP contribution in [0.3, 0.4) is 0 Å². The van der Waals surface area contributed by atoms with Gasteiger partial charge in [0.2, 0.25) is 0 Å². The van der Waals surface area contributed by atoms with Crippen LogP contribution in [-0.4, -0.2) is 0 Å². The summed E-state index contributed by atoms with van der Waals surface area (Å²) in [7, 11) is 0. The van der Waals surface area contributed by atoms with Gasteiger partial charge >= 0.3 is 0 Å². The highest BCUT2D eigenvalue weighted by Crippen LogP contribution is 2.28. The van der Waals surface area contributed by atoms with Gasteiger partial charge in [-0.25, -0.2) is 13.2 Å². The Morgan fingerprint density at radius 3 is 2.06 bits per heavy atom. The summed E-state index contributed by atoms with van der Waals surface area (Å²) in [6.07, 6.45) is 0. The first kappa shape index (κ1) is 11.7. The predicted molar refractivity (Wildman–Crippen MR) is 59.6 cm³/mol. The van der Waals surface area contributed by atoms with Gasteiger partial charge in [0.1, 0.15) is 5.82 Å². The van der Waals surface area contributed by atoms with Gasteiger partial charge in [-0.15, -0.1) is 0 Å². The van der Waals surface area contributed by atoms with Gasteiger partial charge in [-0.2, -0.15) is 0 Å². The second-order valence-electron chi connectivity index (χ2n) is 3.58. The van der Waals surface area contributed by atoms with Crippen molar-refractivity contribution in [3.8, 4) is 11.1 Å². The number of hydrogen-bond acceptors (Lipinski definition) is 1. The smallest absolute Gasteiger partial charge is 0.166 e. The summed E-state index contributed by atoms with van der Waals surface area (Å²) in [6.45, 7) is 0.0105. The van der Waals surface area contributed by atoms with Crippen LogP contribution >= 0.6 is 0 Å². The van der Waals surface area contributed by atoms with Gasteiger partial charge in [0.15, 0.2) is 11.6 Å². The standard InChI is InChI=1S/C13H10F3N/c14-11-6-2-5-10(13(11)16)9-4-1-3-8(7-17)12(9)15/h1-6H,7,17H2. The molecule has 4 heteroatoms. The Balaban J connectivity index is 2.65. The number of benzene rings is 2. The Kier molecular flexibility index (Phi) is 3.15. The van der Waals surface area contributed by atoms with Crippen LogP contribution in [0.5, 0.6) is 0 Å². The molecule has 0 radical (unpaired) electrons. The molecular formula is C13H10F3N. The van der Waals surface area contributed by atoms with Crippen molar-refractivity contribution in [2.45, 2.75) is 6.54 Å². The number of rotatable bonds is 2. The molecule has 0 amide bonds. The first-order valence-corrected chi connectivity index (χ1v) is 5.07. The maximum atomic E-state index is 13.9. The van der Waals surface area contributed by atoms with Crippen molar-refractivity contribution in [2.75, 3.05) is 0 Å². The summed E-state index contributed by atoms with van der Waals surface area (Å²) in [5.74, 6) is -2.67. The zero-order chi connectivity index (χ0) is 12.4. The minimum Gasteiger partial charge on any atom is -0.326 e. The number of halogens is 3. The monoisotopic (exact) mass is 237 g/mol. The Bertz CT molecular complexity index is 552. The first-order chi connectivity index (χ1) is 8.15. The summed E-state index contributed by atoms with van der Waals surface area (Å²) >= 11 is 0. The van der Waals surface area contributed by atoms with Crippen molar-refractivity contribution in [1.82, 2.24) is 0 Å². The minimum absolute atomic E-state index is 0.0105. The molecule has 0 atom stereocenters. The van der Waals surface area contributed by atoms with Crippen LogP contribution in [0.2, 0.25) is 0 Å². The average Bonchev–Trinajstić information content (AvgIpc) is 2.33. The Hall–Kier alpha value is -1.81. The van der Waals surface area contributed by atoms with Crippen LogP contribution in [0.25, 0.3) is 11.1 Å². The molecule has 1 nitrogen and oxygen atoms in total. The predicted octanol–water partition coefficient (Wildman–Crippen LogP) is 3.23. The van der Waals surface area contributed by atoms with Crippen molar-refractivity contribution in [1.29, 1.82) is 0 Å². The molecule has 0 unspecified atom stereocenters. The van der Waals surface area contributed by atoms with Crippen molar-refractivity contribution >= 4 is 0 Å². The van der Waals surface area contributed by atoms with Gasteiger partial charge < -0.3 is 5.73 Å². The molecule has 0 spiro atoms. The van der Waals surface area contributed by atoms with E-state index in [1.54, 1.807) is 6.07 Å². The SMILES string of the molecule is NCc1cccc(-c2cccc(F)c2F)c1F. The van der Waals surface area contributed by atoms with E-state index in [-0.39, 0.29) is 23.2 Å². The second-order valence-corrected chi connectivity index (χ2v) is 3.58. The van der Waals surface area contributed by atoms with Crippen molar-refractivity contribution in [2.24, 2.45) is 5.73 Å². The van der Waals surface area contributed by atoms with Gasteiger partial charge in [-0.1, -0.05) is 30.3 Å². The second kappa shape index (κ2) is 4.59. The lowest BCUT2D eigenvalue weighted by Gasteiger charge is -2.08. The first-order valence-electron chi connectivity index (χ1n) is 5.07. The van der Waals surface area contributed by atoms with E-state index >= 15 is 0 Å². The fraction of sp³-hybridized carbons (Fsp3) is 0.0769. The van der Waals surface area contributed by atoms with E-state index in [9.17, 15) is 13.2 Å². The molecule has 0 aromatic heterocycles. The van der Waals surface area contributed by atoms with Gasteiger partial charge in [0.25, 0.3) is 0 Å². The van der Waals surface area contributed by atoms with Crippen molar-refractivity contribution in [3.63, 3.8) is 0 Å². The van der Waals surface area contributed by atoms with Crippen LogP contribution < -0.4 is 5.73 Å². The summed E-state index contributed by atoms with van der Waals surface area (Å²) < 4.78 is 40.5. The number of nitrogens with two attached hydrogens (primary N) is 1. The zero-order valence-electron chi connectivity index (χ0n) is 8.88. The number of hydrogen-bond donors (Lipinski definition) is 1. The van der Waals surface area contributed by atoms with E-state index < -0.39 is 17.5 Å². The lowest BCUT2D eigenvalue weighted by atomic mass is 10.0. The molecule has 88 valence electrons. The third-order valence-electron chi connectivity index (χ3n) is 2.54. The molecule has 0 aliphatic heterocycles. The third kappa shape index (κ3) is 2.03. The maximum Gasteiger partial charge on any atom is 0.166 e. The Morgan fingerprint density at radius 1 is 0.824 bits per heavy atom. The third-order valence-corrected chi connectivity index (χ3v) is 2.54. The molecule has 17 heavy (non-hydrogen) atoms. The van der Waals surface area contributed by atoms with Crippen LogP contribution in [0, 0.1) is 17.5 Å². The molecule has 0 heterocycles. The molecule has 2 N–H and O–H groups in total. The summed E-state index contributed by atoms with van der Waals surface area (Å²) in [5, 5.41) is 0. The lowest BCUT2D eigenvalue weighted by molar-refractivity contribution is 0.510. The summed E-state index contributed by atoms with van der Waals surface area (Å²) in [6, 6.07) is 8.12. The van der Waals surface area contributed by atoms with Crippen molar-refractivity contribution in [3.05, 3.63) is 59.4 Å². The summed E-state index contributed by atoms with van der Waals surface area (Å²) in [4.78, 5) is 0. The van der Waals surface area contributed by atoms with Crippen LogP contribution in [0.15, 0.2) is 36.4 Å². The Labute approximate surface area is 96.7 Å². The molecule has 2 rings (SSSR count). The van der Waals surface area contributed by atoms with Crippen LogP contribution in [0.4, 0.5) is 13.2 Å². The van der Waals surface area contributed by atoms with E-state index in [0.29, 0.717) is 0 Å². The van der Waals surface area contributed by atoms with Crippen LogP contribution in [-0.2, 0) is 6.54 Å². The molecular weight excluding hydrogens is 227 g/mol. The molecule has 2 aromatic carbocycles. The highest BCUT2D eigenvalue weighted by molar-refractivity contribution is 5.65. The zero-order valence-corrected chi connectivity index (χ0v) is 8.88. The molecule has 0 bridgehead atoms. The lowest BCUT2D eigenvalue weighted by Crippen LogP contribution is -2.01. The average molecular weight is 237 g/mol. The summed E-state index contributed by atoms with van der Waals surface area (Å²) in [5.41, 5.74) is 5.55. The molecule has 2 aromatic rings. The van der Waals surface area contributed by atoms with E-state index in [1.807, 2.05) is 0 Å². The highest BCUT2D eigenvalue weighted by atomic mass is 19.2. The van der Waals surface area contributed by atoms with E-state index in [2.05, 4.69) is 0 Å². The van der Waals surface area contributed by atoms with Gasteiger partial charge in [-0.05, 0) is 6.07 Å². The molecule has 0 fully saturated rings. The quantitative estimate of drug-likeness (QED) is 0.852. The van der Waals surface area contributed by atoms with Gasteiger partial charge in [0, 0.05) is 23.2 Å². The molecule has 0 saturated heterocycles. The highest BCUT2D eigenvalue weighted by Gasteiger charge is 2.14. The van der Waals surface area contributed by atoms with Crippen LogP contribution in [0.1, 0.15) is 5.56 Å². The van der Waals surface area contributed by atoms with Gasteiger partial charge in [0.05, 0.1) is 0 Å². The maximum absolute atomic E-state index is 13.9. The van der Waals surface area contributed by atoms with E-state index in [4.69, 9.17) is 5.73 Å². The fourth-order valence-electron chi connectivity index (χ4n) is 1.66.